The van der Waals surface area contributed by atoms with Crippen LogP contribution in [0, 0.1) is 5.82 Å². The molecule has 2 amide bonds. The van der Waals surface area contributed by atoms with Crippen molar-refractivity contribution >= 4 is 17.5 Å². The average molecular weight is 388 g/mol. The van der Waals surface area contributed by atoms with Crippen LogP contribution in [0.3, 0.4) is 0 Å². The molecule has 0 unspecified atom stereocenters. The van der Waals surface area contributed by atoms with Crippen molar-refractivity contribution in [3.63, 3.8) is 0 Å². The van der Waals surface area contributed by atoms with Crippen LogP contribution in [0.4, 0.5) is 10.1 Å². The number of para-hydroxylation sites is 1. The average Bonchev–Trinajstić information content (AvgIpc) is 3.19. The lowest BCUT2D eigenvalue weighted by Crippen LogP contribution is -2.30. The number of nitrogens with one attached hydrogen (secondary N) is 1. The van der Waals surface area contributed by atoms with Crippen LogP contribution in [-0.2, 0) is 12.8 Å². The highest BCUT2D eigenvalue weighted by Crippen LogP contribution is 2.28. The summed E-state index contributed by atoms with van der Waals surface area (Å²) in [6.45, 7) is 1.08. The van der Waals surface area contributed by atoms with Gasteiger partial charge in [-0.25, -0.2) is 4.39 Å². The molecule has 0 atom stereocenters. The molecule has 29 heavy (non-hydrogen) atoms. The molecule has 1 heterocycles. The summed E-state index contributed by atoms with van der Waals surface area (Å²) >= 11 is 0. The number of rotatable bonds is 5. The predicted octanol–water partition coefficient (Wildman–Crippen LogP) is 4.00. The molecule has 0 aliphatic carbocycles. The molecule has 0 radical (unpaired) electrons. The van der Waals surface area contributed by atoms with Gasteiger partial charge in [0.1, 0.15) is 5.82 Å². The second-order valence-corrected chi connectivity index (χ2v) is 7.05. The molecule has 1 aliphatic rings. The number of nitrogens with zero attached hydrogens (tertiary/aromatic N) is 1. The van der Waals surface area contributed by atoms with Gasteiger partial charge < -0.3 is 10.2 Å². The largest absolute Gasteiger partial charge is 0.352 e. The maximum atomic E-state index is 13.0. The third-order valence-corrected chi connectivity index (χ3v) is 5.12. The highest BCUT2D eigenvalue weighted by Gasteiger charge is 2.25. The molecular weight excluding hydrogens is 367 g/mol. The van der Waals surface area contributed by atoms with Crippen LogP contribution < -0.4 is 10.2 Å². The highest BCUT2D eigenvalue weighted by molar-refractivity contribution is 6.08. The van der Waals surface area contributed by atoms with Gasteiger partial charge in [-0.1, -0.05) is 36.4 Å². The topological polar surface area (TPSA) is 49.4 Å². The summed E-state index contributed by atoms with van der Waals surface area (Å²) in [7, 11) is 0. The van der Waals surface area contributed by atoms with Crippen LogP contribution >= 0.6 is 0 Å². The number of benzene rings is 3. The molecule has 0 bridgehead atoms. The zero-order chi connectivity index (χ0) is 20.2. The first kappa shape index (κ1) is 18.9. The summed E-state index contributed by atoms with van der Waals surface area (Å²) in [5.74, 6) is -0.612. The monoisotopic (exact) mass is 388 g/mol. The van der Waals surface area contributed by atoms with Crippen molar-refractivity contribution in [1.29, 1.82) is 0 Å². The molecule has 4 nitrogen and oxygen atoms in total. The summed E-state index contributed by atoms with van der Waals surface area (Å²) in [6, 6.07) is 20.9. The van der Waals surface area contributed by atoms with E-state index in [-0.39, 0.29) is 17.6 Å². The van der Waals surface area contributed by atoms with Crippen molar-refractivity contribution < 1.29 is 14.0 Å². The number of anilines is 1. The molecule has 0 fully saturated rings. The summed E-state index contributed by atoms with van der Waals surface area (Å²) in [4.78, 5) is 27.2. The van der Waals surface area contributed by atoms with E-state index in [9.17, 15) is 14.0 Å². The summed E-state index contributed by atoms with van der Waals surface area (Å²) in [5.41, 5.74) is 3.99. The Kier molecular flexibility index (Phi) is 5.38. The number of hydrogen-bond acceptors (Lipinski definition) is 2. The standard InChI is InChI=1S/C24H21FN2O2/c25-21-10-8-17(9-11-21)12-14-26-23(28)19-5-3-6-20(16-19)24(29)27-15-13-18-4-1-2-7-22(18)27/h1-11,16H,12-15H2,(H,26,28). The quantitative estimate of drug-likeness (QED) is 0.718. The number of halogens is 1. The molecule has 0 saturated heterocycles. The molecule has 3 aromatic rings. The lowest BCUT2D eigenvalue weighted by molar-refractivity contribution is 0.0954. The van der Waals surface area contributed by atoms with Crippen molar-refractivity contribution in [3.05, 3.63) is 101 Å². The van der Waals surface area contributed by atoms with Crippen LogP contribution in [0.15, 0.2) is 72.8 Å². The van der Waals surface area contributed by atoms with Crippen LogP contribution in [0.25, 0.3) is 0 Å². The number of hydrogen-bond donors (Lipinski definition) is 1. The van der Waals surface area contributed by atoms with E-state index in [1.165, 1.54) is 12.1 Å². The zero-order valence-corrected chi connectivity index (χ0v) is 15.9. The Balaban J connectivity index is 1.41. The Morgan fingerprint density at radius 2 is 1.69 bits per heavy atom. The number of fused-ring (bicyclic) bond motifs is 1. The fourth-order valence-electron chi connectivity index (χ4n) is 3.57. The Labute approximate surface area is 169 Å². The van der Waals surface area contributed by atoms with E-state index in [0.29, 0.717) is 30.6 Å². The molecule has 0 saturated carbocycles. The van der Waals surface area contributed by atoms with Crippen molar-refractivity contribution in [2.45, 2.75) is 12.8 Å². The SMILES string of the molecule is O=C(NCCc1ccc(F)cc1)c1cccc(C(=O)N2CCc3ccccc32)c1. The first-order valence-electron chi connectivity index (χ1n) is 9.64. The van der Waals surface area contributed by atoms with Crippen molar-refractivity contribution in [3.8, 4) is 0 Å². The van der Waals surface area contributed by atoms with Gasteiger partial charge in [0.15, 0.2) is 0 Å². The molecule has 0 spiro atoms. The van der Waals surface area contributed by atoms with E-state index in [4.69, 9.17) is 0 Å². The van der Waals surface area contributed by atoms with E-state index in [1.54, 1.807) is 41.3 Å². The van der Waals surface area contributed by atoms with Gasteiger partial charge in [0.2, 0.25) is 0 Å². The van der Waals surface area contributed by atoms with Gasteiger partial charge in [-0.2, -0.15) is 0 Å². The summed E-state index contributed by atoms with van der Waals surface area (Å²) in [6.07, 6.45) is 1.45. The van der Waals surface area contributed by atoms with Crippen LogP contribution in [-0.4, -0.2) is 24.9 Å². The minimum Gasteiger partial charge on any atom is -0.352 e. The summed E-state index contributed by atoms with van der Waals surface area (Å²) < 4.78 is 13.0. The third-order valence-electron chi connectivity index (χ3n) is 5.12. The number of amides is 2. The van der Waals surface area contributed by atoms with Crippen molar-refractivity contribution in [1.82, 2.24) is 5.32 Å². The Morgan fingerprint density at radius 3 is 2.52 bits per heavy atom. The number of carbonyl (C=O) groups is 2. The fraction of sp³-hybridized carbons (Fsp3) is 0.167. The van der Waals surface area contributed by atoms with Crippen LogP contribution in [0.5, 0.6) is 0 Å². The molecule has 0 aromatic heterocycles. The maximum Gasteiger partial charge on any atom is 0.258 e. The van der Waals surface area contributed by atoms with Gasteiger partial charge in [0, 0.05) is 29.9 Å². The van der Waals surface area contributed by atoms with E-state index in [2.05, 4.69) is 5.32 Å². The number of carbonyl (C=O) groups excluding carboxylic acids is 2. The maximum absolute atomic E-state index is 13.0. The summed E-state index contributed by atoms with van der Waals surface area (Å²) in [5, 5.41) is 2.86. The van der Waals surface area contributed by atoms with Gasteiger partial charge in [-0.15, -0.1) is 0 Å². The molecule has 1 aliphatic heterocycles. The first-order chi connectivity index (χ1) is 14.1. The van der Waals surface area contributed by atoms with E-state index in [0.717, 1.165) is 23.2 Å². The van der Waals surface area contributed by atoms with E-state index in [1.807, 2.05) is 24.3 Å². The minimum atomic E-state index is -0.278. The molecule has 1 N–H and O–H groups in total. The second kappa shape index (κ2) is 8.27. The smallest absolute Gasteiger partial charge is 0.258 e. The Morgan fingerprint density at radius 1 is 0.931 bits per heavy atom. The molecule has 3 aromatic carbocycles. The van der Waals surface area contributed by atoms with Crippen molar-refractivity contribution in [2.75, 3.05) is 18.0 Å². The first-order valence-corrected chi connectivity index (χ1v) is 9.64. The molecule has 146 valence electrons. The minimum absolute atomic E-state index is 0.101. The van der Waals surface area contributed by atoms with Crippen molar-refractivity contribution in [2.24, 2.45) is 0 Å². The molecule has 5 heteroatoms. The molecule has 4 rings (SSSR count). The van der Waals surface area contributed by atoms with Gasteiger partial charge >= 0.3 is 0 Å². The lowest BCUT2D eigenvalue weighted by atomic mass is 10.1. The van der Waals surface area contributed by atoms with E-state index < -0.39 is 0 Å². The fourth-order valence-corrected chi connectivity index (χ4v) is 3.57. The highest BCUT2D eigenvalue weighted by atomic mass is 19.1. The van der Waals surface area contributed by atoms with Crippen LogP contribution in [0.2, 0.25) is 0 Å². The second-order valence-electron chi connectivity index (χ2n) is 7.05. The third kappa shape index (κ3) is 4.19. The van der Waals surface area contributed by atoms with Crippen LogP contribution in [0.1, 0.15) is 31.8 Å². The van der Waals surface area contributed by atoms with Gasteiger partial charge in [-0.05, 0) is 60.4 Å². The normalized spacial score (nSPS) is 12.5. The van der Waals surface area contributed by atoms with Gasteiger partial charge in [0.25, 0.3) is 11.8 Å². The Hall–Kier alpha value is -3.47. The van der Waals surface area contributed by atoms with Gasteiger partial charge in [-0.3, -0.25) is 9.59 Å². The lowest BCUT2D eigenvalue weighted by Gasteiger charge is -2.17. The van der Waals surface area contributed by atoms with E-state index >= 15 is 0 Å². The zero-order valence-electron chi connectivity index (χ0n) is 15.9. The van der Waals surface area contributed by atoms with Gasteiger partial charge in [0.05, 0.1) is 0 Å². The Bertz CT molecular complexity index is 1050. The predicted molar refractivity (Wildman–Crippen MR) is 111 cm³/mol. The molecular formula is C24H21FN2O2.